The van der Waals surface area contributed by atoms with E-state index in [0.717, 1.165) is 33.4 Å². The maximum Gasteiger partial charge on any atom is 0.228 e. The number of rotatable bonds is 3. The summed E-state index contributed by atoms with van der Waals surface area (Å²) in [6.45, 7) is 3.89. The molecule has 1 amide bonds. The number of nitrogens with one attached hydrogen (secondary N) is 2. The van der Waals surface area contributed by atoms with Crippen molar-refractivity contribution in [1.29, 1.82) is 0 Å². The van der Waals surface area contributed by atoms with Crippen LogP contribution in [0.25, 0.3) is 10.9 Å². The third-order valence-corrected chi connectivity index (χ3v) is 4.36. The zero-order valence-electron chi connectivity index (χ0n) is 12.8. The van der Waals surface area contributed by atoms with Crippen LogP contribution in [0.3, 0.4) is 0 Å². The van der Waals surface area contributed by atoms with Gasteiger partial charge in [-0.3, -0.25) is 4.79 Å². The molecule has 0 aliphatic rings. The Morgan fingerprint density at radius 1 is 1.09 bits per heavy atom. The minimum atomic E-state index is -0.0839. The monoisotopic (exact) mass is 346 g/mol. The molecule has 5 heteroatoms. The Labute approximate surface area is 144 Å². The molecule has 0 atom stereocenters. The maximum atomic E-state index is 12.4. The molecule has 23 heavy (non-hydrogen) atoms. The van der Waals surface area contributed by atoms with Crippen molar-refractivity contribution in [2.24, 2.45) is 0 Å². The lowest BCUT2D eigenvalue weighted by Gasteiger charge is -2.09. The van der Waals surface area contributed by atoms with Gasteiger partial charge in [-0.1, -0.05) is 29.3 Å². The third-order valence-electron chi connectivity index (χ3n) is 3.89. The van der Waals surface area contributed by atoms with Crippen LogP contribution in [0, 0.1) is 13.8 Å². The quantitative estimate of drug-likeness (QED) is 0.666. The zero-order chi connectivity index (χ0) is 16.6. The number of halogens is 2. The first-order valence-corrected chi connectivity index (χ1v) is 8.02. The second-order valence-corrected chi connectivity index (χ2v) is 6.48. The van der Waals surface area contributed by atoms with Gasteiger partial charge in [-0.25, -0.2) is 0 Å². The van der Waals surface area contributed by atoms with Crippen molar-refractivity contribution in [1.82, 2.24) is 4.98 Å². The number of aryl methyl sites for hydroxylation is 2. The number of hydrogen-bond acceptors (Lipinski definition) is 1. The lowest BCUT2D eigenvalue weighted by molar-refractivity contribution is -0.115. The number of carbonyl (C=O) groups is 1. The highest BCUT2D eigenvalue weighted by Crippen LogP contribution is 2.26. The molecule has 0 fully saturated rings. The molecule has 0 bridgehead atoms. The van der Waals surface area contributed by atoms with Crippen LogP contribution < -0.4 is 5.32 Å². The van der Waals surface area contributed by atoms with Gasteiger partial charge in [0.2, 0.25) is 5.91 Å². The smallest absolute Gasteiger partial charge is 0.228 e. The van der Waals surface area contributed by atoms with Gasteiger partial charge in [0.15, 0.2) is 0 Å². The van der Waals surface area contributed by atoms with Gasteiger partial charge in [0.1, 0.15) is 0 Å². The molecule has 3 rings (SSSR count). The van der Waals surface area contributed by atoms with Crippen molar-refractivity contribution < 1.29 is 4.79 Å². The lowest BCUT2D eigenvalue weighted by Crippen LogP contribution is -2.15. The maximum absolute atomic E-state index is 12.4. The van der Waals surface area contributed by atoms with E-state index in [2.05, 4.69) is 10.3 Å². The van der Waals surface area contributed by atoms with Crippen molar-refractivity contribution >= 4 is 45.7 Å². The minimum absolute atomic E-state index is 0.0839. The highest BCUT2D eigenvalue weighted by atomic mass is 35.5. The Balaban J connectivity index is 1.87. The number of fused-ring (bicyclic) bond motifs is 1. The van der Waals surface area contributed by atoms with Crippen LogP contribution in [0.2, 0.25) is 10.0 Å². The largest absolute Gasteiger partial charge is 0.358 e. The lowest BCUT2D eigenvalue weighted by atomic mass is 10.1. The van der Waals surface area contributed by atoms with E-state index in [-0.39, 0.29) is 12.3 Å². The Morgan fingerprint density at radius 2 is 1.78 bits per heavy atom. The van der Waals surface area contributed by atoms with Crippen molar-refractivity contribution in [3.63, 3.8) is 0 Å². The SMILES string of the molecule is Cc1ccc(Cl)cc1NC(=O)Cc1c(C)[nH]c2ccc(Cl)cc12. The molecule has 0 aliphatic carbocycles. The summed E-state index contributed by atoms with van der Waals surface area (Å²) in [6, 6.07) is 11.1. The van der Waals surface area contributed by atoms with Crippen molar-refractivity contribution in [3.05, 3.63) is 63.3 Å². The summed E-state index contributed by atoms with van der Waals surface area (Å²) in [5.41, 5.74) is 4.62. The van der Waals surface area contributed by atoms with Crippen molar-refractivity contribution in [3.8, 4) is 0 Å². The molecule has 1 aromatic heterocycles. The predicted molar refractivity (Wildman–Crippen MR) is 96.6 cm³/mol. The van der Waals surface area contributed by atoms with E-state index in [1.54, 1.807) is 12.1 Å². The van der Waals surface area contributed by atoms with E-state index in [4.69, 9.17) is 23.2 Å². The van der Waals surface area contributed by atoms with E-state index >= 15 is 0 Å². The molecule has 2 N–H and O–H groups in total. The molecule has 0 unspecified atom stereocenters. The number of amides is 1. The van der Waals surface area contributed by atoms with Gasteiger partial charge in [-0.05, 0) is 55.3 Å². The van der Waals surface area contributed by atoms with Crippen molar-refractivity contribution in [2.45, 2.75) is 20.3 Å². The fourth-order valence-corrected chi connectivity index (χ4v) is 3.01. The first kappa shape index (κ1) is 15.9. The molecule has 3 aromatic rings. The number of aromatic amines is 1. The molecule has 1 heterocycles. The Bertz CT molecular complexity index is 899. The summed E-state index contributed by atoms with van der Waals surface area (Å²) in [4.78, 5) is 15.7. The van der Waals surface area contributed by atoms with Crippen LogP contribution >= 0.6 is 23.2 Å². The molecule has 3 nitrogen and oxygen atoms in total. The number of carbonyl (C=O) groups excluding carboxylic acids is 1. The van der Waals surface area contributed by atoms with Crippen LogP contribution in [-0.2, 0) is 11.2 Å². The molecule has 0 saturated heterocycles. The zero-order valence-corrected chi connectivity index (χ0v) is 14.3. The van der Waals surface area contributed by atoms with Crippen LogP contribution in [0.4, 0.5) is 5.69 Å². The van der Waals surface area contributed by atoms with Gasteiger partial charge in [-0.15, -0.1) is 0 Å². The normalized spacial score (nSPS) is 11.0. The number of anilines is 1. The molecule has 0 saturated carbocycles. The number of benzene rings is 2. The molecule has 0 spiro atoms. The van der Waals surface area contributed by atoms with E-state index in [0.29, 0.717) is 10.0 Å². The Hall–Kier alpha value is -1.97. The average Bonchev–Trinajstić information content (AvgIpc) is 2.79. The first-order chi connectivity index (χ1) is 10.9. The van der Waals surface area contributed by atoms with Gasteiger partial charge in [-0.2, -0.15) is 0 Å². The fourth-order valence-electron chi connectivity index (χ4n) is 2.67. The molecule has 0 radical (unpaired) electrons. The summed E-state index contributed by atoms with van der Waals surface area (Å²) in [6.07, 6.45) is 0.276. The topological polar surface area (TPSA) is 44.9 Å². The average molecular weight is 347 g/mol. The van der Waals surface area contributed by atoms with E-state index < -0.39 is 0 Å². The Kier molecular flexibility index (Phi) is 4.33. The Morgan fingerprint density at radius 3 is 2.57 bits per heavy atom. The highest BCUT2D eigenvalue weighted by Gasteiger charge is 2.14. The number of H-pyrrole nitrogens is 1. The molecule has 0 aliphatic heterocycles. The summed E-state index contributed by atoms with van der Waals surface area (Å²) < 4.78 is 0. The fraction of sp³-hybridized carbons (Fsp3) is 0.167. The van der Waals surface area contributed by atoms with E-state index in [1.165, 1.54) is 0 Å². The summed E-state index contributed by atoms with van der Waals surface area (Å²) >= 11 is 12.1. The van der Waals surface area contributed by atoms with Crippen LogP contribution in [0.5, 0.6) is 0 Å². The summed E-state index contributed by atoms with van der Waals surface area (Å²) in [5.74, 6) is -0.0839. The van der Waals surface area contributed by atoms with Gasteiger partial charge >= 0.3 is 0 Å². The molecular formula is C18H16Cl2N2O. The van der Waals surface area contributed by atoms with Gasteiger partial charge in [0.25, 0.3) is 0 Å². The second kappa shape index (κ2) is 6.26. The van der Waals surface area contributed by atoms with Crippen LogP contribution in [0.1, 0.15) is 16.8 Å². The highest BCUT2D eigenvalue weighted by molar-refractivity contribution is 6.31. The molecular weight excluding hydrogens is 331 g/mol. The van der Waals surface area contributed by atoms with Gasteiger partial charge < -0.3 is 10.3 Å². The van der Waals surface area contributed by atoms with E-state index in [1.807, 2.05) is 38.1 Å². The van der Waals surface area contributed by atoms with Crippen LogP contribution in [0.15, 0.2) is 36.4 Å². The third kappa shape index (κ3) is 3.36. The summed E-state index contributed by atoms with van der Waals surface area (Å²) in [7, 11) is 0. The van der Waals surface area contributed by atoms with E-state index in [9.17, 15) is 4.79 Å². The number of hydrogen-bond donors (Lipinski definition) is 2. The molecule has 118 valence electrons. The van der Waals surface area contributed by atoms with Crippen molar-refractivity contribution in [2.75, 3.05) is 5.32 Å². The molecule has 2 aromatic carbocycles. The standard InChI is InChI=1S/C18H16Cl2N2O/c1-10-3-4-13(20)8-17(10)22-18(23)9-14-11(2)21-16-6-5-12(19)7-15(14)16/h3-8,21H,9H2,1-2H3,(H,22,23). The predicted octanol–water partition coefficient (Wildman–Crippen LogP) is 5.27. The summed E-state index contributed by atoms with van der Waals surface area (Å²) in [5, 5.41) is 5.16. The second-order valence-electron chi connectivity index (χ2n) is 5.60. The van der Waals surface area contributed by atoms with Gasteiger partial charge in [0.05, 0.1) is 6.42 Å². The van der Waals surface area contributed by atoms with Crippen LogP contribution in [-0.4, -0.2) is 10.9 Å². The number of aromatic nitrogens is 1. The minimum Gasteiger partial charge on any atom is -0.358 e. The first-order valence-electron chi connectivity index (χ1n) is 7.27. The van der Waals surface area contributed by atoms with Gasteiger partial charge in [0, 0.05) is 32.3 Å².